The second-order valence-corrected chi connectivity index (χ2v) is 4.94. The van der Waals surface area contributed by atoms with E-state index in [1.165, 1.54) is 6.92 Å². The van der Waals surface area contributed by atoms with E-state index in [-0.39, 0.29) is 18.4 Å². The van der Waals surface area contributed by atoms with E-state index in [2.05, 4.69) is 10.6 Å². The lowest BCUT2D eigenvalue weighted by Gasteiger charge is -2.27. The van der Waals surface area contributed by atoms with Gasteiger partial charge in [-0.15, -0.1) is 0 Å². The second-order valence-electron chi connectivity index (χ2n) is 4.94. The van der Waals surface area contributed by atoms with Gasteiger partial charge >= 0.3 is 0 Å². The molecule has 1 heterocycles. The molecule has 0 unspecified atom stereocenters. The van der Waals surface area contributed by atoms with Crippen molar-refractivity contribution in [3.05, 3.63) is 18.2 Å². The number of anilines is 2. The minimum absolute atomic E-state index is 0.00952. The third-order valence-electron chi connectivity index (χ3n) is 3.31. The largest absolute Gasteiger partial charge is 0.495 e. The van der Waals surface area contributed by atoms with Gasteiger partial charge in [0.15, 0.2) is 0 Å². The zero-order valence-electron chi connectivity index (χ0n) is 12.8. The van der Waals surface area contributed by atoms with Crippen LogP contribution in [0.4, 0.5) is 11.4 Å². The Labute approximate surface area is 129 Å². The zero-order valence-corrected chi connectivity index (χ0v) is 12.8. The number of nitrogens with zero attached hydrogens (tertiary/aromatic N) is 1. The number of carbonyl (C=O) groups excluding carboxylic acids is 2. The maximum atomic E-state index is 12.1. The molecule has 1 aromatic carbocycles. The predicted molar refractivity (Wildman–Crippen MR) is 83.2 cm³/mol. The van der Waals surface area contributed by atoms with Crippen LogP contribution in [0.3, 0.4) is 0 Å². The highest BCUT2D eigenvalue weighted by Gasteiger charge is 2.17. The van der Waals surface area contributed by atoms with Crippen molar-refractivity contribution in [2.75, 3.05) is 50.6 Å². The van der Waals surface area contributed by atoms with Gasteiger partial charge in [0.2, 0.25) is 11.8 Å². The molecule has 1 fully saturated rings. The number of rotatable bonds is 5. The van der Waals surface area contributed by atoms with Crippen LogP contribution in [0, 0.1) is 0 Å². The zero-order chi connectivity index (χ0) is 15.9. The molecule has 1 aliphatic rings. The summed E-state index contributed by atoms with van der Waals surface area (Å²) < 4.78 is 10.5. The normalized spacial score (nSPS) is 14.4. The fourth-order valence-corrected chi connectivity index (χ4v) is 2.22. The lowest BCUT2D eigenvalue weighted by molar-refractivity contribution is -0.133. The van der Waals surface area contributed by atoms with E-state index in [0.717, 1.165) is 0 Å². The standard InChI is InChI=1S/C15H21N3O4/c1-11(19)17-12-3-4-14(21-2)13(9-12)16-10-15(20)18-5-7-22-8-6-18/h3-4,9,16H,5-8,10H2,1-2H3,(H,17,19). The number of hydrogen-bond donors (Lipinski definition) is 2. The molecule has 0 aliphatic carbocycles. The van der Waals surface area contributed by atoms with Gasteiger partial charge in [0.05, 0.1) is 32.6 Å². The molecule has 1 aromatic rings. The van der Waals surface area contributed by atoms with Crippen LogP contribution in [-0.4, -0.2) is 56.7 Å². The Bertz CT molecular complexity index is 542. The third-order valence-corrected chi connectivity index (χ3v) is 3.31. The van der Waals surface area contributed by atoms with E-state index >= 15 is 0 Å². The van der Waals surface area contributed by atoms with Gasteiger partial charge < -0.3 is 25.0 Å². The SMILES string of the molecule is COc1ccc(NC(C)=O)cc1NCC(=O)N1CCOCC1. The maximum Gasteiger partial charge on any atom is 0.242 e. The third kappa shape index (κ3) is 4.36. The molecule has 0 radical (unpaired) electrons. The number of amides is 2. The number of hydrogen-bond acceptors (Lipinski definition) is 5. The fourth-order valence-electron chi connectivity index (χ4n) is 2.22. The lowest BCUT2D eigenvalue weighted by Crippen LogP contribution is -2.43. The molecule has 0 aromatic heterocycles. The van der Waals surface area contributed by atoms with Gasteiger partial charge in [-0.25, -0.2) is 0 Å². The van der Waals surface area contributed by atoms with Crippen molar-refractivity contribution in [3.8, 4) is 5.75 Å². The van der Waals surface area contributed by atoms with E-state index < -0.39 is 0 Å². The quantitative estimate of drug-likeness (QED) is 0.846. The summed E-state index contributed by atoms with van der Waals surface area (Å²) in [5, 5.41) is 5.77. The van der Waals surface area contributed by atoms with Crippen LogP contribution >= 0.6 is 0 Å². The average molecular weight is 307 g/mol. The molecule has 120 valence electrons. The van der Waals surface area contributed by atoms with Crippen molar-refractivity contribution in [1.82, 2.24) is 4.90 Å². The lowest BCUT2D eigenvalue weighted by atomic mass is 10.2. The highest BCUT2D eigenvalue weighted by molar-refractivity contribution is 5.90. The molecular formula is C15H21N3O4. The Morgan fingerprint density at radius 3 is 2.68 bits per heavy atom. The summed E-state index contributed by atoms with van der Waals surface area (Å²) in [7, 11) is 1.56. The number of benzene rings is 1. The monoisotopic (exact) mass is 307 g/mol. The molecule has 2 amide bonds. The van der Waals surface area contributed by atoms with Crippen molar-refractivity contribution in [3.63, 3.8) is 0 Å². The molecule has 0 bridgehead atoms. The summed E-state index contributed by atoms with van der Waals surface area (Å²) in [4.78, 5) is 25.0. The van der Waals surface area contributed by atoms with Gasteiger partial charge in [0, 0.05) is 25.7 Å². The van der Waals surface area contributed by atoms with Crippen LogP contribution in [0.25, 0.3) is 0 Å². The number of methoxy groups -OCH3 is 1. The van der Waals surface area contributed by atoms with Crippen LogP contribution in [-0.2, 0) is 14.3 Å². The minimum Gasteiger partial charge on any atom is -0.495 e. The first-order valence-electron chi connectivity index (χ1n) is 7.15. The van der Waals surface area contributed by atoms with Gasteiger partial charge in [0.25, 0.3) is 0 Å². The molecule has 1 aliphatic heterocycles. The van der Waals surface area contributed by atoms with E-state index in [0.29, 0.717) is 43.4 Å². The Morgan fingerprint density at radius 2 is 2.05 bits per heavy atom. The van der Waals surface area contributed by atoms with E-state index in [1.807, 2.05) is 0 Å². The molecule has 0 atom stereocenters. The van der Waals surface area contributed by atoms with Crippen LogP contribution in [0.15, 0.2) is 18.2 Å². The smallest absolute Gasteiger partial charge is 0.242 e. The van der Waals surface area contributed by atoms with Gasteiger partial charge in [-0.05, 0) is 18.2 Å². The molecule has 2 rings (SSSR count). The van der Waals surface area contributed by atoms with Crippen LogP contribution in [0.2, 0.25) is 0 Å². The Kier molecular flexibility index (Phi) is 5.60. The fraction of sp³-hybridized carbons (Fsp3) is 0.467. The van der Waals surface area contributed by atoms with E-state index in [1.54, 1.807) is 30.2 Å². The summed E-state index contributed by atoms with van der Waals surface area (Å²) in [6.45, 7) is 3.99. The summed E-state index contributed by atoms with van der Waals surface area (Å²) in [6, 6.07) is 5.23. The Morgan fingerprint density at radius 1 is 1.32 bits per heavy atom. The second kappa shape index (κ2) is 7.65. The van der Waals surface area contributed by atoms with Gasteiger partial charge in [-0.3, -0.25) is 9.59 Å². The van der Waals surface area contributed by atoms with Crippen molar-refractivity contribution >= 4 is 23.2 Å². The molecule has 0 saturated carbocycles. The minimum atomic E-state index is -0.152. The topological polar surface area (TPSA) is 79.9 Å². The average Bonchev–Trinajstić information content (AvgIpc) is 2.53. The molecule has 7 nitrogen and oxygen atoms in total. The van der Waals surface area contributed by atoms with Crippen molar-refractivity contribution in [2.24, 2.45) is 0 Å². The van der Waals surface area contributed by atoms with E-state index in [4.69, 9.17) is 9.47 Å². The number of nitrogens with one attached hydrogen (secondary N) is 2. The predicted octanol–water partition coefficient (Wildman–Crippen LogP) is 0.924. The van der Waals surface area contributed by atoms with Gasteiger partial charge in [0.1, 0.15) is 5.75 Å². The first-order chi connectivity index (χ1) is 10.6. The highest BCUT2D eigenvalue weighted by atomic mass is 16.5. The Hall–Kier alpha value is -2.28. The molecule has 22 heavy (non-hydrogen) atoms. The summed E-state index contributed by atoms with van der Waals surface area (Å²) in [5.74, 6) is 0.472. The van der Waals surface area contributed by atoms with Crippen LogP contribution in [0.5, 0.6) is 5.75 Å². The van der Waals surface area contributed by atoms with E-state index in [9.17, 15) is 9.59 Å². The summed E-state index contributed by atoms with van der Waals surface area (Å²) in [6.07, 6.45) is 0. The highest BCUT2D eigenvalue weighted by Crippen LogP contribution is 2.27. The molecule has 0 spiro atoms. The van der Waals surface area contributed by atoms with Gasteiger partial charge in [-0.1, -0.05) is 0 Å². The maximum absolute atomic E-state index is 12.1. The van der Waals surface area contributed by atoms with Crippen LogP contribution < -0.4 is 15.4 Å². The molecule has 7 heteroatoms. The summed E-state index contributed by atoms with van der Waals surface area (Å²) >= 11 is 0. The van der Waals surface area contributed by atoms with Crippen molar-refractivity contribution < 1.29 is 19.1 Å². The molecule has 1 saturated heterocycles. The number of ether oxygens (including phenoxy) is 2. The Balaban J connectivity index is 2.00. The number of carbonyl (C=O) groups is 2. The van der Waals surface area contributed by atoms with Crippen molar-refractivity contribution in [1.29, 1.82) is 0 Å². The number of morpholine rings is 1. The van der Waals surface area contributed by atoms with Gasteiger partial charge in [-0.2, -0.15) is 0 Å². The first kappa shape index (κ1) is 16.1. The molecule has 2 N–H and O–H groups in total. The van der Waals surface area contributed by atoms with Crippen LogP contribution in [0.1, 0.15) is 6.92 Å². The van der Waals surface area contributed by atoms with Crippen molar-refractivity contribution in [2.45, 2.75) is 6.92 Å². The molecular weight excluding hydrogens is 286 g/mol. The first-order valence-corrected chi connectivity index (χ1v) is 7.15. The summed E-state index contributed by atoms with van der Waals surface area (Å²) in [5.41, 5.74) is 1.31.